The summed E-state index contributed by atoms with van der Waals surface area (Å²) in [5.41, 5.74) is 0.563. The molecule has 0 saturated carbocycles. The minimum Gasteiger partial charge on any atom is -0.438 e. The van der Waals surface area contributed by atoms with Gasteiger partial charge in [0.05, 0.1) is 11.9 Å². The fourth-order valence-corrected chi connectivity index (χ4v) is 4.74. The van der Waals surface area contributed by atoms with Crippen LogP contribution < -0.4 is 5.32 Å². The van der Waals surface area contributed by atoms with Crippen molar-refractivity contribution in [1.29, 1.82) is 0 Å². The Kier molecular flexibility index (Phi) is 6.51. The van der Waals surface area contributed by atoms with Gasteiger partial charge in [-0.05, 0) is 26.2 Å². The number of hydrogen-bond acceptors (Lipinski definition) is 7. The number of carbonyl (C=O) groups excluding carboxylic acids is 1. The van der Waals surface area contributed by atoms with Gasteiger partial charge in [0.2, 0.25) is 15.8 Å². The fourth-order valence-electron chi connectivity index (χ4n) is 3.86. The van der Waals surface area contributed by atoms with Gasteiger partial charge in [-0.25, -0.2) is 17.7 Å². The van der Waals surface area contributed by atoms with Gasteiger partial charge in [0.1, 0.15) is 0 Å². The Hall–Kier alpha value is -1.49. The molecule has 0 aliphatic carbocycles. The van der Waals surface area contributed by atoms with Crippen molar-refractivity contribution in [2.45, 2.75) is 38.3 Å². The third kappa shape index (κ3) is 5.07. The lowest BCUT2D eigenvalue weighted by molar-refractivity contribution is 0.0194. The van der Waals surface area contributed by atoms with Gasteiger partial charge in [0.15, 0.2) is 6.39 Å². The lowest BCUT2D eigenvalue weighted by Crippen LogP contribution is -2.50. The Labute approximate surface area is 160 Å². The molecule has 1 unspecified atom stereocenters. The van der Waals surface area contributed by atoms with Gasteiger partial charge < -0.3 is 14.5 Å². The number of sulfonamides is 1. The highest BCUT2D eigenvalue weighted by Crippen LogP contribution is 2.24. The highest BCUT2D eigenvalue weighted by molar-refractivity contribution is 7.88. The predicted molar refractivity (Wildman–Crippen MR) is 98.9 cm³/mol. The van der Waals surface area contributed by atoms with Crippen molar-refractivity contribution in [2.75, 3.05) is 45.6 Å². The number of hydrogen-bond donors (Lipinski definition) is 1. The Bertz CT molecular complexity index is 744. The van der Waals surface area contributed by atoms with Gasteiger partial charge >= 0.3 is 0 Å². The molecule has 1 aromatic rings. The Morgan fingerprint density at radius 3 is 2.67 bits per heavy atom. The summed E-state index contributed by atoms with van der Waals surface area (Å²) in [6, 6.07) is 0.499. The second-order valence-electron chi connectivity index (χ2n) is 7.17. The summed E-state index contributed by atoms with van der Waals surface area (Å²) in [6.07, 6.45) is 5.17. The lowest BCUT2D eigenvalue weighted by atomic mass is 10.0. The molecule has 27 heavy (non-hydrogen) atoms. The number of oxazole rings is 1. The molecule has 10 heteroatoms. The van der Waals surface area contributed by atoms with Gasteiger partial charge in [0, 0.05) is 51.5 Å². The zero-order chi connectivity index (χ0) is 19.4. The van der Waals surface area contributed by atoms with E-state index in [-0.39, 0.29) is 17.7 Å². The molecule has 0 spiro atoms. The van der Waals surface area contributed by atoms with Crippen LogP contribution in [0.3, 0.4) is 0 Å². The molecule has 0 radical (unpaired) electrons. The summed E-state index contributed by atoms with van der Waals surface area (Å²) in [5.74, 6) is -0.0437. The maximum atomic E-state index is 12.2. The summed E-state index contributed by atoms with van der Waals surface area (Å²) in [5, 5.41) is 2.88. The third-order valence-corrected chi connectivity index (χ3v) is 6.60. The van der Waals surface area contributed by atoms with E-state index in [0.29, 0.717) is 51.1 Å². The maximum Gasteiger partial charge on any atom is 0.289 e. The highest BCUT2D eigenvalue weighted by atomic mass is 32.2. The molecule has 0 aromatic carbocycles. The van der Waals surface area contributed by atoms with Crippen LogP contribution in [-0.4, -0.2) is 86.2 Å². The summed E-state index contributed by atoms with van der Waals surface area (Å²) < 4.78 is 35.9. The largest absolute Gasteiger partial charge is 0.438 e. The molecule has 9 nitrogen and oxygen atoms in total. The van der Waals surface area contributed by atoms with Gasteiger partial charge in [-0.2, -0.15) is 0 Å². The van der Waals surface area contributed by atoms with Crippen LogP contribution in [0, 0.1) is 6.92 Å². The summed E-state index contributed by atoms with van der Waals surface area (Å²) in [4.78, 5) is 18.5. The zero-order valence-corrected chi connectivity index (χ0v) is 16.7. The maximum absolute atomic E-state index is 12.2. The number of amides is 1. The average molecular weight is 401 g/mol. The summed E-state index contributed by atoms with van der Waals surface area (Å²) in [6.45, 7) is 5.33. The van der Waals surface area contributed by atoms with E-state index >= 15 is 0 Å². The molecule has 1 atom stereocenters. The van der Waals surface area contributed by atoms with E-state index in [2.05, 4.69) is 15.2 Å². The van der Waals surface area contributed by atoms with E-state index < -0.39 is 10.0 Å². The van der Waals surface area contributed by atoms with Crippen molar-refractivity contribution in [2.24, 2.45) is 0 Å². The Morgan fingerprint density at radius 1 is 1.33 bits per heavy atom. The average Bonchev–Trinajstić information content (AvgIpc) is 3.28. The van der Waals surface area contributed by atoms with Crippen LogP contribution in [-0.2, 0) is 14.8 Å². The summed E-state index contributed by atoms with van der Waals surface area (Å²) >= 11 is 0. The number of rotatable bonds is 7. The molecule has 152 valence electrons. The molecule has 2 aliphatic rings. The molecule has 1 amide bonds. The van der Waals surface area contributed by atoms with E-state index in [1.165, 1.54) is 12.6 Å². The number of aryl methyl sites for hydroxylation is 1. The van der Waals surface area contributed by atoms with Gasteiger partial charge in [-0.1, -0.05) is 0 Å². The number of carbonyl (C=O) groups is 1. The van der Waals surface area contributed by atoms with Crippen molar-refractivity contribution >= 4 is 15.9 Å². The minimum absolute atomic E-state index is 0.159. The standard InChI is InChI=1S/C17H28N4O5S/c1-13-16(26-12-19-13)17(22)18-6-8-21(14-4-9-25-10-5-14)15-3-7-20(11-15)27(2,23)24/h12,14-15H,3-11H2,1-2H3,(H,18,22). The van der Waals surface area contributed by atoms with Crippen molar-refractivity contribution in [3.05, 3.63) is 17.8 Å². The Morgan fingerprint density at radius 2 is 2.07 bits per heavy atom. The van der Waals surface area contributed by atoms with Crippen LogP contribution in [0.25, 0.3) is 0 Å². The van der Waals surface area contributed by atoms with E-state index in [0.717, 1.165) is 19.3 Å². The zero-order valence-electron chi connectivity index (χ0n) is 15.9. The first-order chi connectivity index (χ1) is 12.9. The topological polar surface area (TPSA) is 105 Å². The van der Waals surface area contributed by atoms with E-state index in [9.17, 15) is 13.2 Å². The van der Waals surface area contributed by atoms with Crippen molar-refractivity contribution in [1.82, 2.24) is 19.5 Å². The normalized spacial score (nSPS) is 22.4. The number of nitrogens with zero attached hydrogens (tertiary/aromatic N) is 3. The van der Waals surface area contributed by atoms with E-state index in [1.807, 2.05) is 0 Å². The van der Waals surface area contributed by atoms with Crippen LogP contribution in [0.2, 0.25) is 0 Å². The molecular weight excluding hydrogens is 372 g/mol. The molecular formula is C17H28N4O5S. The first kappa shape index (κ1) is 20.2. The molecule has 3 rings (SSSR count). The molecule has 3 heterocycles. The number of nitrogens with one attached hydrogen (secondary N) is 1. The molecule has 2 saturated heterocycles. The van der Waals surface area contributed by atoms with Gasteiger partial charge in [-0.3, -0.25) is 9.69 Å². The third-order valence-electron chi connectivity index (χ3n) is 5.33. The fraction of sp³-hybridized carbons (Fsp3) is 0.765. The second kappa shape index (κ2) is 8.68. The Balaban J connectivity index is 1.60. The second-order valence-corrected chi connectivity index (χ2v) is 9.15. The molecule has 1 aromatic heterocycles. The van der Waals surface area contributed by atoms with Crippen LogP contribution in [0.4, 0.5) is 0 Å². The molecule has 1 N–H and O–H groups in total. The van der Waals surface area contributed by atoms with E-state index in [4.69, 9.17) is 9.15 Å². The monoisotopic (exact) mass is 400 g/mol. The van der Waals surface area contributed by atoms with Crippen LogP contribution in [0.5, 0.6) is 0 Å². The van der Waals surface area contributed by atoms with E-state index in [1.54, 1.807) is 11.2 Å². The minimum atomic E-state index is -3.18. The number of aromatic nitrogens is 1. The van der Waals surface area contributed by atoms with Gasteiger partial charge in [0.25, 0.3) is 5.91 Å². The highest BCUT2D eigenvalue weighted by Gasteiger charge is 2.35. The molecule has 2 fully saturated rings. The smallest absolute Gasteiger partial charge is 0.289 e. The lowest BCUT2D eigenvalue weighted by Gasteiger charge is -2.38. The summed E-state index contributed by atoms with van der Waals surface area (Å²) in [7, 11) is -3.18. The van der Waals surface area contributed by atoms with Crippen LogP contribution in [0.1, 0.15) is 35.5 Å². The van der Waals surface area contributed by atoms with Crippen molar-refractivity contribution < 1.29 is 22.4 Å². The van der Waals surface area contributed by atoms with Crippen molar-refractivity contribution in [3.8, 4) is 0 Å². The van der Waals surface area contributed by atoms with Gasteiger partial charge in [-0.15, -0.1) is 0 Å². The van der Waals surface area contributed by atoms with Crippen molar-refractivity contribution in [3.63, 3.8) is 0 Å². The molecule has 2 aliphatic heterocycles. The quantitative estimate of drug-likeness (QED) is 0.698. The predicted octanol–water partition coefficient (Wildman–Crippen LogP) is 0.228. The first-order valence-electron chi connectivity index (χ1n) is 9.33. The van der Waals surface area contributed by atoms with Crippen LogP contribution >= 0.6 is 0 Å². The molecule has 0 bridgehead atoms. The SMILES string of the molecule is Cc1ncoc1C(=O)NCCN(C1CCOCC1)C1CCN(S(C)(=O)=O)C1. The number of ether oxygens (including phenoxy) is 1. The first-order valence-corrected chi connectivity index (χ1v) is 11.2. The van der Waals surface area contributed by atoms with Crippen LogP contribution in [0.15, 0.2) is 10.8 Å².